The molecular weight excluding hydrogens is 320 g/mol. The van der Waals surface area contributed by atoms with E-state index in [9.17, 15) is 9.59 Å². The summed E-state index contributed by atoms with van der Waals surface area (Å²) in [6.07, 6.45) is 3.27. The highest BCUT2D eigenvalue weighted by Gasteiger charge is 2.43. The van der Waals surface area contributed by atoms with E-state index in [1.807, 2.05) is 35.7 Å². The van der Waals surface area contributed by atoms with Crippen LogP contribution in [0.5, 0.6) is 0 Å². The highest BCUT2D eigenvalue weighted by molar-refractivity contribution is 7.09. The zero-order chi connectivity index (χ0) is 17.0. The van der Waals surface area contributed by atoms with Crippen molar-refractivity contribution in [2.24, 2.45) is 0 Å². The van der Waals surface area contributed by atoms with E-state index in [0.717, 1.165) is 30.4 Å². The maximum atomic E-state index is 13.0. The predicted octanol–water partition coefficient (Wildman–Crippen LogP) is 2.77. The van der Waals surface area contributed by atoms with Gasteiger partial charge in [0.1, 0.15) is 5.54 Å². The first-order chi connectivity index (χ1) is 11.6. The second kappa shape index (κ2) is 7.18. The van der Waals surface area contributed by atoms with Crippen LogP contribution in [-0.4, -0.2) is 18.4 Å². The van der Waals surface area contributed by atoms with E-state index >= 15 is 0 Å². The Labute approximate surface area is 146 Å². The number of hydrogen-bond donors (Lipinski definition) is 2. The van der Waals surface area contributed by atoms with Gasteiger partial charge in [-0.05, 0) is 48.3 Å². The Balaban J connectivity index is 1.81. The van der Waals surface area contributed by atoms with Crippen LogP contribution in [0.4, 0.5) is 0 Å². The van der Waals surface area contributed by atoms with Gasteiger partial charge in [0.05, 0.1) is 0 Å². The smallest absolute Gasteiger partial charge is 0.250 e. The fraction of sp³-hybridized carbons (Fsp3) is 0.368. The van der Waals surface area contributed by atoms with Gasteiger partial charge in [0.2, 0.25) is 11.8 Å². The summed E-state index contributed by atoms with van der Waals surface area (Å²) in [5, 5.41) is 8.01. The Morgan fingerprint density at radius 1 is 1.21 bits per heavy atom. The van der Waals surface area contributed by atoms with Gasteiger partial charge in [-0.15, -0.1) is 11.3 Å². The first-order valence-corrected chi connectivity index (χ1v) is 9.17. The Morgan fingerprint density at radius 2 is 2.04 bits per heavy atom. The predicted molar refractivity (Wildman–Crippen MR) is 95.9 cm³/mol. The van der Waals surface area contributed by atoms with Gasteiger partial charge in [-0.3, -0.25) is 9.59 Å². The van der Waals surface area contributed by atoms with Gasteiger partial charge in [-0.25, -0.2) is 0 Å². The van der Waals surface area contributed by atoms with Crippen LogP contribution in [0.15, 0.2) is 41.8 Å². The van der Waals surface area contributed by atoms with E-state index in [4.69, 9.17) is 0 Å². The van der Waals surface area contributed by atoms with Gasteiger partial charge in [-0.1, -0.05) is 30.3 Å². The van der Waals surface area contributed by atoms with Crippen LogP contribution in [0.3, 0.4) is 0 Å². The molecule has 0 radical (unpaired) electrons. The number of rotatable bonds is 5. The molecule has 3 rings (SSSR count). The standard InChI is InChI=1S/C19H22N2O2S/c1-14(22)21-19(11-4-7-15-6-2-3-9-17(15)19)18(23)20-12-10-16-8-5-13-24-16/h2-3,5-6,8-9,13H,4,7,10-12H2,1H3,(H,20,23)(H,21,22)/t19-/m0/s1. The molecule has 1 heterocycles. The summed E-state index contributed by atoms with van der Waals surface area (Å²) < 4.78 is 0. The van der Waals surface area contributed by atoms with Crippen LogP contribution in [0, 0.1) is 0 Å². The number of thiophene rings is 1. The fourth-order valence-corrected chi connectivity index (χ4v) is 4.17. The molecule has 0 saturated carbocycles. The molecule has 5 heteroatoms. The molecule has 0 unspecified atom stereocenters. The molecule has 0 aliphatic heterocycles. The van der Waals surface area contributed by atoms with Crippen molar-refractivity contribution in [1.29, 1.82) is 0 Å². The number of benzene rings is 1. The molecule has 2 aromatic rings. The number of nitrogens with one attached hydrogen (secondary N) is 2. The Kier molecular flexibility index (Phi) is 5.00. The lowest BCUT2D eigenvalue weighted by atomic mass is 9.75. The second-order valence-corrected chi connectivity index (χ2v) is 7.21. The van der Waals surface area contributed by atoms with E-state index in [0.29, 0.717) is 13.0 Å². The number of hydrogen-bond acceptors (Lipinski definition) is 3. The average Bonchev–Trinajstić information content (AvgIpc) is 3.08. The number of aryl methyl sites for hydroxylation is 1. The van der Waals surface area contributed by atoms with Crippen LogP contribution in [0.2, 0.25) is 0 Å². The minimum atomic E-state index is -0.948. The third-order valence-corrected chi connectivity index (χ3v) is 5.43. The molecule has 1 aliphatic carbocycles. The molecule has 4 nitrogen and oxygen atoms in total. The maximum absolute atomic E-state index is 13.0. The third kappa shape index (κ3) is 3.36. The van der Waals surface area contributed by atoms with E-state index < -0.39 is 5.54 Å². The summed E-state index contributed by atoms with van der Waals surface area (Å²) in [5.74, 6) is -0.290. The van der Waals surface area contributed by atoms with Crippen molar-refractivity contribution in [2.75, 3.05) is 6.54 Å². The molecule has 2 amide bonds. The number of amides is 2. The molecule has 1 aliphatic rings. The molecule has 1 aromatic heterocycles. The van der Waals surface area contributed by atoms with Gasteiger partial charge in [0, 0.05) is 18.3 Å². The largest absolute Gasteiger partial charge is 0.353 e. The minimum Gasteiger partial charge on any atom is -0.353 e. The topological polar surface area (TPSA) is 58.2 Å². The van der Waals surface area contributed by atoms with Crippen molar-refractivity contribution in [3.8, 4) is 0 Å². The lowest BCUT2D eigenvalue weighted by Gasteiger charge is -2.38. The molecule has 1 aromatic carbocycles. The van der Waals surface area contributed by atoms with Gasteiger partial charge < -0.3 is 10.6 Å². The maximum Gasteiger partial charge on any atom is 0.250 e. The Hall–Kier alpha value is -2.14. The SMILES string of the molecule is CC(=O)N[C@@]1(C(=O)NCCc2cccs2)CCCc2ccccc21. The first-order valence-electron chi connectivity index (χ1n) is 8.29. The van der Waals surface area contributed by atoms with Crippen molar-refractivity contribution in [3.05, 3.63) is 57.8 Å². The molecule has 24 heavy (non-hydrogen) atoms. The van der Waals surface area contributed by atoms with E-state index in [2.05, 4.69) is 16.7 Å². The van der Waals surface area contributed by atoms with Crippen molar-refractivity contribution in [3.63, 3.8) is 0 Å². The quantitative estimate of drug-likeness (QED) is 0.878. The zero-order valence-corrected chi connectivity index (χ0v) is 14.6. The molecule has 1 atom stereocenters. The van der Waals surface area contributed by atoms with Crippen molar-refractivity contribution in [2.45, 2.75) is 38.1 Å². The van der Waals surface area contributed by atoms with Crippen LogP contribution >= 0.6 is 11.3 Å². The monoisotopic (exact) mass is 342 g/mol. The lowest BCUT2D eigenvalue weighted by molar-refractivity contribution is -0.134. The molecule has 0 bridgehead atoms. The molecule has 0 fully saturated rings. The van der Waals surface area contributed by atoms with Gasteiger partial charge >= 0.3 is 0 Å². The van der Waals surface area contributed by atoms with Gasteiger partial charge in [0.15, 0.2) is 0 Å². The van der Waals surface area contributed by atoms with Crippen LogP contribution in [-0.2, 0) is 28.0 Å². The minimum absolute atomic E-state index is 0.110. The number of carbonyl (C=O) groups is 2. The third-order valence-electron chi connectivity index (χ3n) is 4.49. The zero-order valence-electron chi connectivity index (χ0n) is 13.8. The molecule has 0 spiro atoms. The van der Waals surface area contributed by atoms with Crippen molar-refractivity contribution < 1.29 is 9.59 Å². The van der Waals surface area contributed by atoms with Crippen LogP contribution < -0.4 is 10.6 Å². The molecule has 2 N–H and O–H groups in total. The normalized spacial score (nSPS) is 19.4. The molecule has 126 valence electrons. The average molecular weight is 342 g/mol. The molecule has 0 saturated heterocycles. The van der Waals surface area contributed by atoms with Crippen LogP contribution in [0.25, 0.3) is 0 Å². The summed E-state index contributed by atoms with van der Waals surface area (Å²) in [5.41, 5.74) is 1.13. The van der Waals surface area contributed by atoms with E-state index in [1.165, 1.54) is 11.8 Å². The van der Waals surface area contributed by atoms with Crippen LogP contribution in [0.1, 0.15) is 35.8 Å². The highest BCUT2D eigenvalue weighted by atomic mass is 32.1. The summed E-state index contributed by atoms with van der Waals surface area (Å²) in [4.78, 5) is 26.1. The van der Waals surface area contributed by atoms with E-state index in [-0.39, 0.29) is 11.8 Å². The molecular formula is C19H22N2O2S. The first kappa shape index (κ1) is 16.7. The summed E-state index contributed by atoms with van der Waals surface area (Å²) in [6.45, 7) is 2.04. The second-order valence-electron chi connectivity index (χ2n) is 6.18. The Bertz CT molecular complexity index is 727. The number of carbonyl (C=O) groups excluding carboxylic acids is 2. The number of fused-ring (bicyclic) bond motifs is 1. The summed E-state index contributed by atoms with van der Waals surface area (Å²) in [7, 11) is 0. The van der Waals surface area contributed by atoms with Gasteiger partial charge in [0.25, 0.3) is 0 Å². The van der Waals surface area contributed by atoms with Crippen molar-refractivity contribution in [1.82, 2.24) is 10.6 Å². The van der Waals surface area contributed by atoms with Gasteiger partial charge in [-0.2, -0.15) is 0 Å². The fourth-order valence-electron chi connectivity index (χ4n) is 3.46. The summed E-state index contributed by atoms with van der Waals surface area (Å²) in [6, 6.07) is 12.0. The Morgan fingerprint density at radius 3 is 2.79 bits per heavy atom. The summed E-state index contributed by atoms with van der Waals surface area (Å²) >= 11 is 1.69. The highest BCUT2D eigenvalue weighted by Crippen LogP contribution is 2.35. The van der Waals surface area contributed by atoms with Crippen molar-refractivity contribution >= 4 is 23.2 Å². The van der Waals surface area contributed by atoms with E-state index in [1.54, 1.807) is 11.3 Å². The lowest BCUT2D eigenvalue weighted by Crippen LogP contribution is -2.57.